The van der Waals surface area contributed by atoms with E-state index in [1.807, 2.05) is 6.07 Å². The van der Waals surface area contributed by atoms with Crippen molar-refractivity contribution >= 4 is 15.7 Å². The third-order valence-corrected chi connectivity index (χ3v) is 4.08. The summed E-state index contributed by atoms with van der Waals surface area (Å²) < 4.78 is 26.8. The molecule has 96 valence electrons. The topological polar surface area (TPSA) is 70.0 Å². The van der Waals surface area contributed by atoms with Gasteiger partial charge in [-0.25, -0.2) is 8.42 Å². The second-order valence-corrected chi connectivity index (χ2v) is 5.70. The summed E-state index contributed by atoms with van der Waals surface area (Å²) in [5, 5.41) is 7.90. The summed E-state index contributed by atoms with van der Waals surface area (Å²) in [5.41, 5.74) is 0.895. The maximum Gasteiger partial charge on any atom is 0.253 e. The van der Waals surface area contributed by atoms with E-state index in [-0.39, 0.29) is 0 Å². The Morgan fingerprint density at radius 3 is 2.00 bits per heavy atom. The molecule has 0 aliphatic heterocycles. The van der Waals surface area contributed by atoms with Gasteiger partial charge in [-0.15, -0.1) is 0 Å². The Morgan fingerprint density at radius 2 is 1.47 bits per heavy atom. The molecule has 4 nitrogen and oxygen atoms in total. The first-order chi connectivity index (χ1) is 9.13. The molecule has 0 heterocycles. The molecule has 1 atom stereocenters. The second kappa shape index (κ2) is 5.55. The third kappa shape index (κ3) is 3.12. The molecule has 0 bridgehead atoms. The van der Waals surface area contributed by atoms with Crippen LogP contribution >= 0.6 is 0 Å². The summed E-state index contributed by atoms with van der Waals surface area (Å²) in [6, 6.07) is 18.8. The van der Waals surface area contributed by atoms with Crippen LogP contribution in [0.15, 0.2) is 60.7 Å². The van der Waals surface area contributed by atoms with Crippen molar-refractivity contribution in [2.45, 2.75) is 5.25 Å². The van der Waals surface area contributed by atoms with Gasteiger partial charge in [0.1, 0.15) is 0 Å². The zero-order chi connectivity index (χ0) is 13.7. The van der Waals surface area contributed by atoms with Crippen molar-refractivity contribution < 1.29 is 8.42 Å². The van der Waals surface area contributed by atoms with Gasteiger partial charge in [-0.3, -0.25) is 4.72 Å². The minimum absolute atomic E-state index is 0.443. The van der Waals surface area contributed by atoms with Crippen molar-refractivity contribution in [2.24, 2.45) is 0 Å². The van der Waals surface area contributed by atoms with Crippen LogP contribution in [0.2, 0.25) is 0 Å². The predicted molar refractivity (Wildman–Crippen MR) is 73.8 cm³/mol. The summed E-state index contributed by atoms with van der Waals surface area (Å²) in [7, 11) is -3.79. The van der Waals surface area contributed by atoms with Gasteiger partial charge in [0.05, 0.1) is 6.07 Å². The lowest BCUT2D eigenvalue weighted by atomic mass is 10.2. The number of nitriles is 1. The smallest absolute Gasteiger partial charge is 0.253 e. The Balaban J connectivity index is 2.31. The van der Waals surface area contributed by atoms with Crippen LogP contribution in [0.1, 0.15) is 10.8 Å². The highest BCUT2D eigenvalue weighted by molar-refractivity contribution is 7.93. The number of benzene rings is 2. The minimum atomic E-state index is -3.79. The highest BCUT2D eigenvalue weighted by atomic mass is 32.2. The van der Waals surface area contributed by atoms with Gasteiger partial charge in [0.15, 0.2) is 5.25 Å². The van der Waals surface area contributed by atoms with E-state index in [9.17, 15) is 8.42 Å². The zero-order valence-corrected chi connectivity index (χ0v) is 10.8. The van der Waals surface area contributed by atoms with Gasteiger partial charge in [-0.2, -0.15) is 5.26 Å². The summed E-state index contributed by atoms with van der Waals surface area (Å²) >= 11 is 0. The molecule has 2 aromatic carbocycles. The predicted octanol–water partition coefficient (Wildman–Crippen LogP) is 2.69. The second-order valence-electron chi connectivity index (χ2n) is 3.93. The molecular formula is C14H12N2O2S. The zero-order valence-electron chi connectivity index (χ0n) is 10.0. The number of anilines is 1. The highest BCUT2D eigenvalue weighted by Crippen LogP contribution is 2.23. The van der Waals surface area contributed by atoms with Crippen molar-refractivity contribution in [3.8, 4) is 6.07 Å². The number of hydrogen-bond acceptors (Lipinski definition) is 3. The first-order valence-corrected chi connectivity index (χ1v) is 7.19. The summed E-state index contributed by atoms with van der Waals surface area (Å²) in [6.45, 7) is 0. The molecule has 0 aromatic heterocycles. The van der Waals surface area contributed by atoms with Crippen LogP contribution in [0, 0.1) is 11.3 Å². The van der Waals surface area contributed by atoms with E-state index < -0.39 is 15.3 Å². The molecule has 0 saturated heterocycles. The van der Waals surface area contributed by atoms with Gasteiger partial charge in [0.2, 0.25) is 0 Å². The molecule has 19 heavy (non-hydrogen) atoms. The standard InChI is InChI=1S/C14H12N2O2S/c15-11-14(12-7-3-1-4-8-12)19(17,18)16-13-9-5-2-6-10-13/h1-10,14,16H. The monoisotopic (exact) mass is 272 g/mol. The lowest BCUT2D eigenvalue weighted by Crippen LogP contribution is -2.20. The summed E-state index contributed by atoms with van der Waals surface area (Å²) in [6.07, 6.45) is 0. The van der Waals surface area contributed by atoms with Crippen molar-refractivity contribution in [3.63, 3.8) is 0 Å². The Labute approximate surface area is 112 Å². The van der Waals surface area contributed by atoms with Crippen LogP contribution in [0.3, 0.4) is 0 Å². The van der Waals surface area contributed by atoms with Crippen LogP contribution in [-0.2, 0) is 10.0 Å². The maximum atomic E-state index is 12.2. The molecule has 0 aliphatic rings. The van der Waals surface area contributed by atoms with Crippen LogP contribution in [0.4, 0.5) is 5.69 Å². The fourth-order valence-corrected chi connectivity index (χ4v) is 2.92. The van der Waals surface area contributed by atoms with Gasteiger partial charge < -0.3 is 0 Å². The van der Waals surface area contributed by atoms with Crippen LogP contribution < -0.4 is 4.72 Å². The molecule has 0 fully saturated rings. The normalized spacial score (nSPS) is 12.4. The minimum Gasteiger partial charge on any atom is -0.282 e. The van der Waals surface area contributed by atoms with Crippen molar-refractivity contribution in [1.29, 1.82) is 5.26 Å². The third-order valence-electron chi connectivity index (χ3n) is 2.56. The number of sulfonamides is 1. The Bertz CT molecular complexity index is 676. The number of nitrogens with zero attached hydrogens (tertiary/aromatic N) is 1. The Kier molecular flexibility index (Phi) is 3.83. The molecule has 1 unspecified atom stereocenters. The number of para-hydroxylation sites is 1. The number of nitrogens with one attached hydrogen (secondary N) is 1. The molecule has 2 aromatic rings. The molecule has 0 radical (unpaired) electrons. The molecule has 2 rings (SSSR count). The van der Waals surface area contributed by atoms with Crippen molar-refractivity contribution in [1.82, 2.24) is 0 Å². The molecule has 0 amide bonds. The molecule has 5 heteroatoms. The fraction of sp³-hybridized carbons (Fsp3) is 0.0714. The van der Waals surface area contributed by atoms with Gasteiger partial charge in [-0.1, -0.05) is 48.5 Å². The molecule has 1 N–H and O–H groups in total. The lowest BCUT2D eigenvalue weighted by molar-refractivity contribution is 0.596. The van der Waals surface area contributed by atoms with Gasteiger partial charge in [0.25, 0.3) is 10.0 Å². The van der Waals surface area contributed by atoms with Crippen LogP contribution in [-0.4, -0.2) is 8.42 Å². The molecule has 0 aliphatic carbocycles. The molecule has 0 spiro atoms. The fourth-order valence-electron chi connectivity index (χ4n) is 1.68. The Hall–Kier alpha value is -2.32. The largest absolute Gasteiger partial charge is 0.282 e. The van der Waals surface area contributed by atoms with E-state index in [4.69, 9.17) is 5.26 Å². The Morgan fingerprint density at radius 1 is 0.947 bits per heavy atom. The average Bonchev–Trinajstić information content (AvgIpc) is 2.41. The van der Waals surface area contributed by atoms with Crippen LogP contribution in [0.5, 0.6) is 0 Å². The first-order valence-electron chi connectivity index (χ1n) is 5.65. The van der Waals surface area contributed by atoms with Crippen LogP contribution in [0.25, 0.3) is 0 Å². The summed E-state index contributed by atoms with van der Waals surface area (Å²) in [4.78, 5) is 0. The van der Waals surface area contributed by atoms with E-state index in [1.54, 1.807) is 60.7 Å². The van der Waals surface area contributed by atoms with E-state index in [0.29, 0.717) is 11.3 Å². The summed E-state index contributed by atoms with van der Waals surface area (Å²) in [5.74, 6) is 0. The van der Waals surface area contributed by atoms with Crippen molar-refractivity contribution in [3.05, 3.63) is 66.2 Å². The van der Waals surface area contributed by atoms with E-state index in [1.165, 1.54) is 0 Å². The number of hydrogen-bond donors (Lipinski definition) is 1. The number of rotatable bonds is 4. The van der Waals surface area contributed by atoms with E-state index in [2.05, 4.69) is 4.72 Å². The first kappa shape index (κ1) is 13.1. The SMILES string of the molecule is N#CC(c1ccccc1)S(=O)(=O)Nc1ccccc1. The maximum absolute atomic E-state index is 12.2. The van der Waals surface area contributed by atoms with E-state index in [0.717, 1.165) is 0 Å². The molecular weight excluding hydrogens is 260 g/mol. The average molecular weight is 272 g/mol. The quantitative estimate of drug-likeness (QED) is 0.930. The highest BCUT2D eigenvalue weighted by Gasteiger charge is 2.26. The van der Waals surface area contributed by atoms with Gasteiger partial charge in [0, 0.05) is 5.69 Å². The van der Waals surface area contributed by atoms with E-state index >= 15 is 0 Å². The van der Waals surface area contributed by atoms with Gasteiger partial charge >= 0.3 is 0 Å². The lowest BCUT2D eigenvalue weighted by Gasteiger charge is -2.13. The van der Waals surface area contributed by atoms with Gasteiger partial charge in [-0.05, 0) is 17.7 Å². The molecule has 0 saturated carbocycles. The van der Waals surface area contributed by atoms with Crippen molar-refractivity contribution in [2.75, 3.05) is 4.72 Å².